The first-order valence-electron chi connectivity index (χ1n) is 12.7. The van der Waals surface area contributed by atoms with E-state index in [0.29, 0.717) is 26.4 Å². The van der Waals surface area contributed by atoms with E-state index >= 15 is 0 Å². The monoisotopic (exact) mass is 508 g/mol. The smallest absolute Gasteiger partial charge is 0.162 e. The van der Waals surface area contributed by atoms with E-state index in [1.54, 1.807) is 18.4 Å². The van der Waals surface area contributed by atoms with Crippen molar-refractivity contribution in [3.63, 3.8) is 0 Å². The lowest BCUT2D eigenvalue weighted by Crippen LogP contribution is -2.41. The highest BCUT2D eigenvalue weighted by molar-refractivity contribution is 7.19. The van der Waals surface area contributed by atoms with Gasteiger partial charge >= 0.3 is 0 Å². The highest BCUT2D eigenvalue weighted by atomic mass is 32.1. The van der Waals surface area contributed by atoms with E-state index in [1.165, 1.54) is 17.7 Å². The van der Waals surface area contributed by atoms with Crippen LogP contribution < -0.4 is 4.90 Å². The van der Waals surface area contributed by atoms with E-state index < -0.39 is 0 Å². The summed E-state index contributed by atoms with van der Waals surface area (Å²) in [5, 5.41) is 8.33. The molecule has 190 valence electrons. The molecule has 5 heterocycles. The lowest BCUT2D eigenvalue weighted by Gasteiger charge is -2.35. The molecule has 0 amide bonds. The summed E-state index contributed by atoms with van der Waals surface area (Å²) in [5.74, 6) is 1.74. The predicted molar refractivity (Wildman–Crippen MR) is 141 cm³/mol. The standard InChI is InChI=1S/C26H32N6O3S/c1-33-13-14-35-23-7-2-3-8-32(23)17-18-15-22-24(36-18)26(31-9-11-34-12-10-31)29-25(28-22)19-5-4-6-21-20(19)16-27-30-21/h4-6,15-16,23H,2-3,7-14,17H2,1H3,(H,27,30). The summed E-state index contributed by atoms with van der Waals surface area (Å²) in [5.41, 5.74) is 2.98. The average molecular weight is 509 g/mol. The molecule has 1 atom stereocenters. The van der Waals surface area contributed by atoms with Gasteiger partial charge < -0.3 is 19.1 Å². The Hall–Kier alpha value is -2.63. The Morgan fingerprint density at radius 2 is 2.06 bits per heavy atom. The maximum absolute atomic E-state index is 6.16. The number of aromatic nitrogens is 4. The molecule has 6 rings (SSSR count). The Morgan fingerprint density at radius 1 is 1.14 bits per heavy atom. The van der Waals surface area contributed by atoms with Crippen LogP contribution >= 0.6 is 11.3 Å². The number of likely N-dealkylation sites (tertiary alicyclic amines) is 1. The minimum absolute atomic E-state index is 0.137. The number of H-pyrrole nitrogens is 1. The van der Waals surface area contributed by atoms with Crippen molar-refractivity contribution in [3.05, 3.63) is 35.3 Å². The summed E-state index contributed by atoms with van der Waals surface area (Å²) in [6.07, 6.45) is 5.46. The van der Waals surface area contributed by atoms with Gasteiger partial charge in [-0.15, -0.1) is 11.3 Å². The Morgan fingerprint density at radius 3 is 2.94 bits per heavy atom. The number of nitrogens with one attached hydrogen (secondary N) is 1. The number of thiophene rings is 1. The molecule has 0 saturated carbocycles. The first-order valence-corrected chi connectivity index (χ1v) is 13.5. The molecule has 0 aliphatic carbocycles. The maximum Gasteiger partial charge on any atom is 0.162 e. The second-order valence-corrected chi connectivity index (χ2v) is 10.5. The molecule has 1 N–H and O–H groups in total. The molecule has 0 spiro atoms. The quantitative estimate of drug-likeness (QED) is 0.357. The second kappa shape index (κ2) is 10.8. The molecule has 0 bridgehead atoms. The van der Waals surface area contributed by atoms with E-state index in [4.69, 9.17) is 24.2 Å². The van der Waals surface area contributed by atoms with Gasteiger partial charge in [-0.1, -0.05) is 12.1 Å². The zero-order valence-electron chi connectivity index (χ0n) is 20.6. The number of anilines is 1. The first kappa shape index (κ1) is 23.7. The molecule has 36 heavy (non-hydrogen) atoms. The van der Waals surface area contributed by atoms with Crippen LogP contribution in [-0.4, -0.2) is 84.5 Å². The summed E-state index contributed by atoms with van der Waals surface area (Å²) in [7, 11) is 1.72. The lowest BCUT2D eigenvalue weighted by atomic mass is 10.1. The van der Waals surface area contributed by atoms with Crippen LogP contribution in [-0.2, 0) is 20.8 Å². The summed E-state index contributed by atoms with van der Waals surface area (Å²) < 4.78 is 18.1. The molecule has 2 aliphatic heterocycles. The Balaban J connectivity index is 1.36. The normalized spacial score (nSPS) is 19.5. The number of hydrogen-bond acceptors (Lipinski definition) is 9. The fraction of sp³-hybridized carbons (Fsp3) is 0.500. The number of piperidine rings is 1. The minimum Gasteiger partial charge on any atom is -0.382 e. The molecular formula is C26H32N6O3S. The lowest BCUT2D eigenvalue weighted by molar-refractivity contribution is -0.0940. The predicted octanol–water partition coefficient (Wildman–Crippen LogP) is 4.05. The van der Waals surface area contributed by atoms with E-state index in [1.807, 2.05) is 18.3 Å². The molecule has 10 heteroatoms. The Bertz CT molecular complexity index is 1320. The Labute approximate surface area is 214 Å². The number of aromatic amines is 1. The largest absolute Gasteiger partial charge is 0.382 e. The number of ether oxygens (including phenoxy) is 3. The van der Waals surface area contributed by atoms with Gasteiger partial charge in [0.25, 0.3) is 0 Å². The number of hydrogen-bond donors (Lipinski definition) is 1. The van der Waals surface area contributed by atoms with Crippen LogP contribution in [0.5, 0.6) is 0 Å². The van der Waals surface area contributed by atoms with Crippen molar-refractivity contribution in [2.45, 2.75) is 32.0 Å². The minimum atomic E-state index is 0.137. The van der Waals surface area contributed by atoms with Crippen molar-refractivity contribution in [1.82, 2.24) is 25.1 Å². The van der Waals surface area contributed by atoms with Crippen LogP contribution in [0.15, 0.2) is 30.5 Å². The first-order chi connectivity index (χ1) is 17.8. The SMILES string of the molecule is COCCOC1CCCCN1Cc1cc2nc(-c3cccc4[nH]ncc34)nc(N3CCOCC3)c2s1. The fourth-order valence-electron chi connectivity index (χ4n) is 5.11. The van der Waals surface area contributed by atoms with Gasteiger partial charge in [0.2, 0.25) is 0 Å². The number of benzene rings is 1. The summed E-state index contributed by atoms with van der Waals surface area (Å²) in [6.45, 7) is 6.23. The van der Waals surface area contributed by atoms with Gasteiger partial charge in [-0.05, 0) is 31.4 Å². The van der Waals surface area contributed by atoms with Gasteiger partial charge in [0.15, 0.2) is 11.6 Å². The fourth-order valence-corrected chi connectivity index (χ4v) is 6.25. The van der Waals surface area contributed by atoms with Crippen LogP contribution in [0.1, 0.15) is 24.1 Å². The number of rotatable bonds is 8. The van der Waals surface area contributed by atoms with Crippen LogP contribution in [0.4, 0.5) is 5.82 Å². The molecule has 2 saturated heterocycles. The summed E-state index contributed by atoms with van der Waals surface area (Å²) in [4.78, 5) is 16.3. The summed E-state index contributed by atoms with van der Waals surface area (Å²) >= 11 is 1.80. The zero-order valence-corrected chi connectivity index (χ0v) is 21.4. The van der Waals surface area contributed by atoms with Crippen LogP contribution in [0.25, 0.3) is 32.5 Å². The van der Waals surface area contributed by atoms with Crippen molar-refractivity contribution in [2.75, 3.05) is 58.1 Å². The van der Waals surface area contributed by atoms with Crippen LogP contribution in [0, 0.1) is 0 Å². The van der Waals surface area contributed by atoms with Gasteiger partial charge in [-0.2, -0.15) is 5.10 Å². The molecule has 1 aromatic carbocycles. The van der Waals surface area contributed by atoms with Crippen LogP contribution in [0.2, 0.25) is 0 Å². The van der Waals surface area contributed by atoms with Crippen molar-refractivity contribution in [3.8, 4) is 11.4 Å². The topological polar surface area (TPSA) is 88.6 Å². The molecular weight excluding hydrogens is 476 g/mol. The Kier molecular flexibility index (Phi) is 7.11. The van der Waals surface area contributed by atoms with Crippen LogP contribution in [0.3, 0.4) is 0 Å². The van der Waals surface area contributed by atoms with E-state index in [-0.39, 0.29) is 6.23 Å². The number of morpholine rings is 1. The van der Waals surface area contributed by atoms with Gasteiger partial charge in [0, 0.05) is 49.1 Å². The van der Waals surface area contributed by atoms with Gasteiger partial charge in [0.05, 0.1) is 48.4 Å². The van der Waals surface area contributed by atoms with Crippen molar-refractivity contribution in [2.24, 2.45) is 0 Å². The van der Waals surface area contributed by atoms with Gasteiger partial charge in [-0.25, -0.2) is 9.97 Å². The number of methoxy groups -OCH3 is 1. The zero-order chi connectivity index (χ0) is 24.3. The maximum atomic E-state index is 6.16. The third-order valence-electron chi connectivity index (χ3n) is 6.95. The van der Waals surface area contributed by atoms with Crippen molar-refractivity contribution in [1.29, 1.82) is 0 Å². The molecule has 0 radical (unpaired) electrons. The molecule has 2 aliphatic rings. The molecule has 9 nitrogen and oxygen atoms in total. The van der Waals surface area contributed by atoms with Gasteiger partial charge in [-0.3, -0.25) is 10.00 Å². The van der Waals surface area contributed by atoms with Gasteiger partial charge in [0.1, 0.15) is 6.23 Å². The highest BCUT2D eigenvalue weighted by Gasteiger charge is 2.25. The highest BCUT2D eigenvalue weighted by Crippen LogP contribution is 2.37. The van der Waals surface area contributed by atoms with E-state index in [2.05, 4.69) is 32.1 Å². The third-order valence-corrected chi connectivity index (χ3v) is 8.06. The molecule has 1 unspecified atom stereocenters. The molecule has 3 aromatic heterocycles. The third kappa shape index (κ3) is 4.83. The number of nitrogens with zero attached hydrogens (tertiary/aromatic N) is 5. The molecule has 2 fully saturated rings. The number of fused-ring (bicyclic) bond motifs is 2. The van der Waals surface area contributed by atoms with E-state index in [0.717, 1.165) is 70.9 Å². The second-order valence-electron chi connectivity index (χ2n) is 9.32. The van der Waals surface area contributed by atoms with Crippen molar-refractivity contribution < 1.29 is 14.2 Å². The molecule has 4 aromatic rings. The summed E-state index contributed by atoms with van der Waals surface area (Å²) in [6, 6.07) is 8.37. The van der Waals surface area contributed by atoms with E-state index in [9.17, 15) is 0 Å². The average Bonchev–Trinajstić information content (AvgIpc) is 3.56. The van der Waals surface area contributed by atoms with Crippen molar-refractivity contribution >= 4 is 38.3 Å².